The van der Waals surface area contributed by atoms with E-state index in [0.29, 0.717) is 11.0 Å². The van der Waals surface area contributed by atoms with Gasteiger partial charge in [0.15, 0.2) is 0 Å². The summed E-state index contributed by atoms with van der Waals surface area (Å²) in [4.78, 5) is 11.7. The van der Waals surface area contributed by atoms with E-state index in [1.165, 1.54) is 10.9 Å². The summed E-state index contributed by atoms with van der Waals surface area (Å²) < 4.78 is 9.23. The van der Waals surface area contributed by atoms with Gasteiger partial charge >= 0.3 is 0 Å². The number of halogens is 1. The van der Waals surface area contributed by atoms with Crippen LogP contribution in [0.25, 0.3) is 0 Å². The van der Waals surface area contributed by atoms with Crippen LogP contribution >= 0.6 is 15.9 Å². The average molecular weight is 266 g/mol. The molecule has 0 atom stereocenters. The minimum Gasteiger partial charge on any atom is -0.268 e. The molecule has 0 N–H and O–H groups in total. The zero-order valence-corrected chi connectivity index (χ0v) is 9.44. The minimum atomic E-state index is -0.391. The molecule has 0 aliphatic heterocycles. The van der Waals surface area contributed by atoms with Gasteiger partial charge in [-0.1, -0.05) is 30.3 Å². The number of nitrogens with zero attached hydrogens (tertiary/aromatic N) is 2. The highest BCUT2D eigenvalue weighted by molar-refractivity contribution is 9.10. The van der Waals surface area contributed by atoms with Crippen molar-refractivity contribution < 1.29 is 1.37 Å². The maximum absolute atomic E-state index is 11.7. The Morgan fingerprint density at radius 2 is 2.13 bits per heavy atom. The van der Waals surface area contributed by atoms with Gasteiger partial charge in [0.2, 0.25) is 0 Å². The number of hydrogen-bond acceptors (Lipinski definition) is 2. The number of hydrogen-bond donors (Lipinski definition) is 0. The van der Waals surface area contributed by atoms with Crippen molar-refractivity contribution in [2.75, 3.05) is 0 Å². The van der Waals surface area contributed by atoms with Crippen LogP contribution < -0.4 is 5.56 Å². The summed E-state index contributed by atoms with van der Waals surface area (Å²) >= 11 is 3.10. The van der Waals surface area contributed by atoms with Gasteiger partial charge in [0.25, 0.3) is 5.56 Å². The second-order valence-electron chi connectivity index (χ2n) is 3.07. The molecule has 0 saturated heterocycles. The Kier molecular flexibility index (Phi) is 2.60. The van der Waals surface area contributed by atoms with Crippen molar-refractivity contribution in [3.05, 3.63) is 63.0 Å². The molecule has 0 radical (unpaired) electrons. The maximum atomic E-state index is 11.7. The quantitative estimate of drug-likeness (QED) is 0.833. The van der Waals surface area contributed by atoms with Crippen molar-refractivity contribution >= 4 is 15.9 Å². The van der Waals surface area contributed by atoms with Gasteiger partial charge in [0.1, 0.15) is 0 Å². The zero-order valence-electron chi connectivity index (χ0n) is 8.85. The van der Waals surface area contributed by atoms with Gasteiger partial charge < -0.3 is 0 Å². The Balaban J connectivity index is 2.37. The minimum absolute atomic E-state index is 0.0640. The molecule has 0 unspecified atom stereocenters. The highest BCUT2D eigenvalue weighted by Gasteiger charge is 1.98. The molecule has 0 aliphatic carbocycles. The Labute approximate surface area is 96.9 Å². The van der Waals surface area contributed by atoms with Crippen LogP contribution in [-0.4, -0.2) is 9.78 Å². The molecule has 1 aromatic heterocycles. The lowest BCUT2D eigenvalue weighted by Crippen LogP contribution is -2.22. The van der Waals surface area contributed by atoms with Crippen LogP contribution in [-0.2, 0) is 6.54 Å². The van der Waals surface area contributed by atoms with Gasteiger partial charge in [0, 0.05) is 10.5 Å². The van der Waals surface area contributed by atoms with E-state index in [1.807, 2.05) is 30.3 Å². The summed E-state index contributed by atoms with van der Waals surface area (Å²) in [6.07, 6.45) is 1.46. The molecule has 1 aromatic carbocycles. The van der Waals surface area contributed by atoms with Crippen molar-refractivity contribution in [1.29, 1.82) is 0 Å². The highest BCUT2D eigenvalue weighted by atomic mass is 79.9. The molecule has 0 amide bonds. The topological polar surface area (TPSA) is 34.9 Å². The fourth-order valence-corrected chi connectivity index (χ4v) is 1.50. The van der Waals surface area contributed by atoms with E-state index < -0.39 is 5.56 Å². The molecule has 4 heteroatoms. The summed E-state index contributed by atoms with van der Waals surface area (Å²) in [5, 5.41) is 3.97. The van der Waals surface area contributed by atoms with Gasteiger partial charge in [-0.2, -0.15) is 5.10 Å². The second kappa shape index (κ2) is 4.40. The van der Waals surface area contributed by atoms with E-state index in [9.17, 15) is 4.79 Å². The first-order chi connectivity index (χ1) is 7.68. The van der Waals surface area contributed by atoms with E-state index in [4.69, 9.17) is 1.37 Å². The molecule has 3 nitrogen and oxygen atoms in total. The third-order valence-electron chi connectivity index (χ3n) is 1.95. The van der Waals surface area contributed by atoms with E-state index in [-0.39, 0.29) is 6.04 Å². The number of benzene rings is 1. The van der Waals surface area contributed by atoms with Crippen molar-refractivity contribution in [3.63, 3.8) is 0 Å². The van der Waals surface area contributed by atoms with Crippen LogP contribution in [0, 0.1) is 0 Å². The summed E-state index contributed by atoms with van der Waals surface area (Å²) in [7, 11) is 0. The van der Waals surface area contributed by atoms with Crippen LogP contribution in [0.15, 0.2) is 51.8 Å². The molecule has 0 spiro atoms. The monoisotopic (exact) mass is 265 g/mol. The third kappa shape index (κ3) is 2.53. The standard InChI is InChI=1S/C11H9BrN2O/c12-10-6-11(15)14(13-7-10)8-9-4-2-1-3-5-9/h1-7H,8H2/i6D. The molecule has 76 valence electrons. The lowest BCUT2D eigenvalue weighted by molar-refractivity contribution is 0.637. The smallest absolute Gasteiger partial charge is 0.268 e. The van der Waals surface area contributed by atoms with Crippen molar-refractivity contribution in [3.8, 4) is 0 Å². The first-order valence-corrected chi connectivity index (χ1v) is 5.24. The molecule has 15 heavy (non-hydrogen) atoms. The predicted molar refractivity (Wildman–Crippen MR) is 61.7 cm³/mol. The second-order valence-corrected chi connectivity index (χ2v) is 3.92. The summed E-state index contributed by atoms with van der Waals surface area (Å²) in [5.74, 6) is 0. The molecular weight excluding hydrogens is 256 g/mol. The van der Waals surface area contributed by atoms with E-state index in [2.05, 4.69) is 21.0 Å². The van der Waals surface area contributed by atoms with Crippen molar-refractivity contribution in [2.24, 2.45) is 0 Å². The summed E-state index contributed by atoms with van der Waals surface area (Å²) in [6, 6.07) is 9.49. The Morgan fingerprint density at radius 1 is 1.40 bits per heavy atom. The maximum Gasteiger partial charge on any atom is 0.268 e. The lowest BCUT2D eigenvalue weighted by atomic mass is 10.2. The van der Waals surface area contributed by atoms with Crippen LogP contribution in [0.4, 0.5) is 0 Å². The molecule has 0 fully saturated rings. The fraction of sp³-hybridized carbons (Fsp3) is 0.0909. The van der Waals surface area contributed by atoms with Gasteiger partial charge in [0.05, 0.1) is 14.1 Å². The normalized spacial score (nSPS) is 11.1. The van der Waals surface area contributed by atoms with Gasteiger partial charge in [-0.05, 0) is 21.5 Å². The van der Waals surface area contributed by atoms with Crippen LogP contribution in [0.2, 0.25) is 0 Å². The van der Waals surface area contributed by atoms with Gasteiger partial charge in [-0.25, -0.2) is 4.68 Å². The van der Waals surface area contributed by atoms with E-state index in [0.717, 1.165) is 5.56 Å². The molecule has 0 aliphatic rings. The SMILES string of the molecule is [2H]c1c(Br)cnn(Cc2ccccc2)c1=O. The average Bonchev–Trinajstić information content (AvgIpc) is 2.31. The Morgan fingerprint density at radius 3 is 2.87 bits per heavy atom. The molecule has 2 rings (SSSR count). The first kappa shape index (κ1) is 8.85. The Hall–Kier alpha value is -1.42. The zero-order chi connectivity index (χ0) is 11.5. The predicted octanol–water partition coefficient (Wildman–Crippen LogP) is 2.05. The molecule has 2 aromatic rings. The van der Waals surface area contributed by atoms with Crippen LogP contribution in [0.1, 0.15) is 6.93 Å². The Bertz CT molecular complexity index is 554. The van der Waals surface area contributed by atoms with Crippen LogP contribution in [0.3, 0.4) is 0 Å². The molecule has 0 saturated carbocycles. The summed E-state index contributed by atoms with van der Waals surface area (Å²) in [5.41, 5.74) is 0.594. The lowest BCUT2D eigenvalue weighted by Gasteiger charge is -2.03. The van der Waals surface area contributed by atoms with Gasteiger partial charge in [-0.3, -0.25) is 4.79 Å². The summed E-state index contributed by atoms with van der Waals surface area (Å²) in [6.45, 7) is 0.388. The third-order valence-corrected chi connectivity index (χ3v) is 2.35. The van der Waals surface area contributed by atoms with Gasteiger partial charge in [-0.15, -0.1) is 0 Å². The van der Waals surface area contributed by atoms with Crippen molar-refractivity contribution in [2.45, 2.75) is 6.54 Å². The molecular formula is C11H9BrN2O. The molecule has 1 heterocycles. The fourth-order valence-electron chi connectivity index (χ4n) is 1.24. The van der Waals surface area contributed by atoms with E-state index in [1.54, 1.807) is 0 Å². The number of rotatable bonds is 2. The first-order valence-electron chi connectivity index (χ1n) is 4.94. The number of aromatic nitrogens is 2. The van der Waals surface area contributed by atoms with Crippen molar-refractivity contribution in [1.82, 2.24) is 9.78 Å². The molecule has 0 bridgehead atoms. The van der Waals surface area contributed by atoms with E-state index >= 15 is 0 Å². The highest BCUT2D eigenvalue weighted by Crippen LogP contribution is 2.03. The van der Waals surface area contributed by atoms with Crippen LogP contribution in [0.5, 0.6) is 0 Å². The largest absolute Gasteiger partial charge is 0.268 e.